The van der Waals surface area contributed by atoms with Crippen LogP contribution in [0.15, 0.2) is 29.6 Å². The molecule has 1 aliphatic rings. The summed E-state index contributed by atoms with van der Waals surface area (Å²) in [5.74, 6) is 1.09. The maximum Gasteiger partial charge on any atom is 0.888 e. The Morgan fingerprint density at radius 3 is 2.33 bits per heavy atom. The van der Waals surface area contributed by atoms with Gasteiger partial charge in [-0.25, -0.2) is 0 Å². The van der Waals surface area contributed by atoms with Crippen molar-refractivity contribution in [3.63, 3.8) is 0 Å². The Hall–Kier alpha value is -1.72. The summed E-state index contributed by atoms with van der Waals surface area (Å²) in [6.07, 6.45) is 0. The number of rotatable bonds is 2. The van der Waals surface area contributed by atoms with E-state index in [0.29, 0.717) is 11.5 Å². The fourth-order valence-corrected chi connectivity index (χ4v) is 0.954. The second-order valence-electron chi connectivity index (χ2n) is 2.15. The van der Waals surface area contributed by atoms with Crippen LogP contribution in [0, 0.1) is 4.91 Å². The lowest BCUT2D eigenvalue weighted by Gasteiger charge is -1.95. The maximum absolute atomic E-state index is 9.68. The Kier molecular flexibility index (Phi) is 1.58. The van der Waals surface area contributed by atoms with Crippen molar-refractivity contribution < 1.29 is 14.1 Å². The first-order valence-electron chi connectivity index (χ1n) is 3.31. The molecule has 60 valence electrons. The molecule has 1 aromatic carbocycles. The SMILES string of the molecule is O=NOB1Oc2ccccc2O1. The van der Waals surface area contributed by atoms with Gasteiger partial charge in [0.15, 0.2) is 0 Å². The zero-order valence-electron chi connectivity index (χ0n) is 5.97. The molecule has 0 saturated heterocycles. The van der Waals surface area contributed by atoms with Crippen LogP contribution < -0.4 is 9.31 Å². The molecule has 2 rings (SSSR count). The van der Waals surface area contributed by atoms with Crippen LogP contribution in [0.1, 0.15) is 0 Å². The molecule has 0 amide bonds. The van der Waals surface area contributed by atoms with E-state index in [9.17, 15) is 4.91 Å². The molecule has 5 nitrogen and oxygen atoms in total. The number of hydrogen-bond donors (Lipinski definition) is 0. The molecule has 12 heavy (non-hydrogen) atoms. The van der Waals surface area contributed by atoms with Crippen LogP contribution in [0.25, 0.3) is 0 Å². The Balaban J connectivity index is 2.16. The van der Waals surface area contributed by atoms with Crippen molar-refractivity contribution >= 4 is 7.32 Å². The van der Waals surface area contributed by atoms with E-state index in [1.54, 1.807) is 24.3 Å². The molecule has 0 saturated carbocycles. The number of hydrogen-bond acceptors (Lipinski definition) is 5. The highest BCUT2D eigenvalue weighted by molar-refractivity contribution is 6.39. The maximum atomic E-state index is 9.68. The zero-order chi connectivity index (χ0) is 8.39. The molecule has 0 aliphatic carbocycles. The molecular formula is C6H4BNO4. The van der Waals surface area contributed by atoms with Crippen molar-refractivity contribution in [2.24, 2.45) is 5.34 Å². The fourth-order valence-electron chi connectivity index (χ4n) is 0.954. The largest absolute Gasteiger partial charge is 0.888 e. The molecule has 1 aromatic rings. The van der Waals surface area contributed by atoms with Gasteiger partial charge in [-0.3, -0.25) is 0 Å². The lowest BCUT2D eigenvalue weighted by Crippen LogP contribution is -2.26. The summed E-state index contributed by atoms with van der Waals surface area (Å²) in [4.78, 5) is 9.68. The summed E-state index contributed by atoms with van der Waals surface area (Å²) in [5.41, 5.74) is 0. The van der Waals surface area contributed by atoms with Gasteiger partial charge < -0.3 is 14.1 Å². The second-order valence-corrected chi connectivity index (χ2v) is 2.15. The molecule has 0 spiro atoms. The molecular weight excluding hydrogens is 161 g/mol. The molecule has 0 aromatic heterocycles. The van der Waals surface area contributed by atoms with E-state index in [4.69, 9.17) is 9.31 Å². The van der Waals surface area contributed by atoms with Crippen molar-refractivity contribution in [2.45, 2.75) is 0 Å². The third-order valence-corrected chi connectivity index (χ3v) is 1.42. The average molecular weight is 165 g/mol. The predicted molar refractivity (Wildman–Crippen MR) is 40.3 cm³/mol. The molecule has 0 fully saturated rings. The Morgan fingerprint density at radius 2 is 1.83 bits per heavy atom. The van der Waals surface area contributed by atoms with Gasteiger partial charge in [0.2, 0.25) is 0 Å². The van der Waals surface area contributed by atoms with Gasteiger partial charge in [-0.05, 0) is 12.1 Å². The third kappa shape index (κ3) is 1.07. The van der Waals surface area contributed by atoms with Crippen LogP contribution in [0.5, 0.6) is 11.5 Å². The van der Waals surface area contributed by atoms with Crippen LogP contribution in [0.3, 0.4) is 0 Å². The van der Waals surface area contributed by atoms with Crippen LogP contribution >= 0.6 is 0 Å². The van der Waals surface area contributed by atoms with Gasteiger partial charge in [0.25, 0.3) is 0 Å². The standard InChI is InChI=1S/C6H4BNO4/c9-8-12-7-10-5-3-1-2-4-6(5)11-7/h1-4H. The minimum absolute atomic E-state index is 0.547. The summed E-state index contributed by atoms with van der Waals surface area (Å²) in [6, 6.07) is 7.00. The van der Waals surface area contributed by atoms with E-state index < -0.39 is 7.32 Å². The minimum atomic E-state index is -1.04. The lowest BCUT2D eigenvalue weighted by molar-refractivity contribution is 0.230. The first-order chi connectivity index (χ1) is 5.90. The van der Waals surface area contributed by atoms with Crippen molar-refractivity contribution in [1.29, 1.82) is 0 Å². The summed E-state index contributed by atoms with van der Waals surface area (Å²) >= 11 is 0. The molecule has 6 heteroatoms. The summed E-state index contributed by atoms with van der Waals surface area (Å²) in [5, 5.41) is 2.20. The molecule has 1 aliphatic heterocycles. The Morgan fingerprint density at radius 1 is 1.25 bits per heavy atom. The van der Waals surface area contributed by atoms with Crippen molar-refractivity contribution in [1.82, 2.24) is 0 Å². The smallest absolute Gasteiger partial charge is 0.485 e. The van der Waals surface area contributed by atoms with Gasteiger partial charge in [-0.15, -0.1) is 4.91 Å². The van der Waals surface area contributed by atoms with Gasteiger partial charge in [-0.2, -0.15) is 0 Å². The topological polar surface area (TPSA) is 57.1 Å². The van der Waals surface area contributed by atoms with Crippen LogP contribution in [-0.2, 0) is 4.76 Å². The van der Waals surface area contributed by atoms with Crippen molar-refractivity contribution in [3.8, 4) is 11.5 Å². The lowest BCUT2D eigenvalue weighted by atomic mass is 10.3. The fraction of sp³-hybridized carbons (Fsp3) is 0. The zero-order valence-corrected chi connectivity index (χ0v) is 5.97. The van der Waals surface area contributed by atoms with Crippen molar-refractivity contribution in [2.75, 3.05) is 0 Å². The average Bonchev–Trinajstić information content (AvgIpc) is 2.47. The molecule has 1 heterocycles. The second kappa shape index (κ2) is 2.73. The summed E-state index contributed by atoms with van der Waals surface area (Å²) in [7, 11) is -1.04. The highest BCUT2D eigenvalue weighted by Gasteiger charge is 2.38. The van der Waals surface area contributed by atoms with E-state index in [1.165, 1.54) is 0 Å². The first kappa shape index (κ1) is 6.96. The highest BCUT2D eigenvalue weighted by atomic mass is 16.8. The van der Waals surface area contributed by atoms with E-state index in [-0.39, 0.29) is 0 Å². The van der Waals surface area contributed by atoms with Crippen molar-refractivity contribution in [3.05, 3.63) is 29.2 Å². The minimum Gasteiger partial charge on any atom is -0.485 e. The molecule has 0 radical (unpaired) electrons. The van der Waals surface area contributed by atoms with Gasteiger partial charge in [0.1, 0.15) is 16.8 Å². The first-order valence-corrected chi connectivity index (χ1v) is 3.31. The summed E-state index contributed by atoms with van der Waals surface area (Å²) < 4.78 is 14.2. The number of para-hydroxylation sites is 2. The third-order valence-electron chi connectivity index (χ3n) is 1.42. The summed E-state index contributed by atoms with van der Waals surface area (Å²) in [6.45, 7) is 0. The van der Waals surface area contributed by atoms with Crippen LogP contribution in [0.4, 0.5) is 0 Å². The van der Waals surface area contributed by atoms with E-state index in [2.05, 4.69) is 10.1 Å². The molecule has 0 atom stereocenters. The molecule has 0 N–H and O–H groups in total. The van der Waals surface area contributed by atoms with E-state index >= 15 is 0 Å². The normalized spacial score (nSPS) is 12.8. The van der Waals surface area contributed by atoms with Gasteiger partial charge in [-0.1, -0.05) is 12.1 Å². The van der Waals surface area contributed by atoms with Crippen LogP contribution in [-0.4, -0.2) is 7.32 Å². The highest BCUT2D eigenvalue weighted by Crippen LogP contribution is 2.32. The molecule has 0 unspecified atom stereocenters. The number of benzene rings is 1. The molecule has 0 bridgehead atoms. The predicted octanol–water partition coefficient (Wildman–Crippen LogP) is 1.14. The van der Waals surface area contributed by atoms with Crippen LogP contribution in [0.2, 0.25) is 0 Å². The van der Waals surface area contributed by atoms with Gasteiger partial charge >= 0.3 is 7.32 Å². The Labute approximate surface area is 68.3 Å². The van der Waals surface area contributed by atoms with Gasteiger partial charge in [0, 0.05) is 0 Å². The van der Waals surface area contributed by atoms with E-state index in [1.807, 2.05) is 0 Å². The Bertz CT molecular complexity index is 280. The monoisotopic (exact) mass is 165 g/mol. The number of fused-ring (bicyclic) bond motifs is 1. The van der Waals surface area contributed by atoms with Gasteiger partial charge in [0.05, 0.1) is 0 Å². The van der Waals surface area contributed by atoms with E-state index in [0.717, 1.165) is 0 Å². The number of nitrogens with zero attached hydrogens (tertiary/aromatic N) is 1. The quantitative estimate of drug-likeness (QED) is 0.374.